The summed E-state index contributed by atoms with van der Waals surface area (Å²) < 4.78 is 10.6. The average Bonchev–Trinajstić information content (AvgIpc) is 2.05. The third-order valence-electron chi connectivity index (χ3n) is 1.86. The van der Waals surface area contributed by atoms with E-state index in [0.717, 1.165) is 19.8 Å². The smallest absolute Gasteiger partial charge is 0.105 e. The summed E-state index contributed by atoms with van der Waals surface area (Å²) >= 11 is 0. The van der Waals surface area contributed by atoms with Crippen LogP contribution in [-0.4, -0.2) is 31.9 Å². The molecule has 2 aliphatic rings. The Hall–Kier alpha value is -0.540. The molecule has 2 heterocycles. The van der Waals surface area contributed by atoms with Gasteiger partial charge in [-0.1, -0.05) is 0 Å². The number of rotatable bonds is 0. The molecule has 0 saturated carbocycles. The van der Waals surface area contributed by atoms with Gasteiger partial charge in [0.1, 0.15) is 6.61 Å². The summed E-state index contributed by atoms with van der Waals surface area (Å²) in [7, 11) is 0. The van der Waals surface area contributed by atoms with Crippen LogP contribution in [0.15, 0.2) is 12.3 Å². The third-order valence-corrected chi connectivity index (χ3v) is 1.86. The zero-order valence-corrected chi connectivity index (χ0v) is 5.75. The minimum Gasteiger partial charge on any atom is -0.500 e. The van der Waals surface area contributed by atoms with Gasteiger partial charge in [-0.15, -0.1) is 0 Å². The first-order valence-electron chi connectivity index (χ1n) is 3.60. The predicted octanol–water partition coefficient (Wildman–Crippen LogP) is -0.113. The lowest BCUT2D eigenvalue weighted by Crippen LogP contribution is -2.51. The predicted molar refractivity (Wildman–Crippen MR) is 36.6 cm³/mol. The molecule has 0 spiro atoms. The molecule has 10 heavy (non-hydrogen) atoms. The molecule has 2 atom stereocenters. The van der Waals surface area contributed by atoms with Gasteiger partial charge in [-0.05, 0) is 6.08 Å². The maximum atomic E-state index is 5.45. The molecule has 2 rings (SSSR count). The normalized spacial score (nSPS) is 38.4. The highest BCUT2D eigenvalue weighted by atomic mass is 16.5. The molecule has 0 amide bonds. The Bertz CT molecular complexity index is 147. The van der Waals surface area contributed by atoms with Gasteiger partial charge in [-0.2, -0.15) is 0 Å². The van der Waals surface area contributed by atoms with Crippen molar-refractivity contribution < 1.29 is 9.47 Å². The van der Waals surface area contributed by atoms with Crippen molar-refractivity contribution in [3.63, 3.8) is 0 Å². The van der Waals surface area contributed by atoms with E-state index in [1.54, 1.807) is 6.26 Å². The number of hydrogen-bond acceptors (Lipinski definition) is 3. The summed E-state index contributed by atoms with van der Waals surface area (Å²) in [4.78, 5) is 0. The lowest BCUT2D eigenvalue weighted by atomic mass is 10.1. The van der Waals surface area contributed by atoms with E-state index in [4.69, 9.17) is 9.47 Å². The van der Waals surface area contributed by atoms with Crippen LogP contribution in [0.1, 0.15) is 0 Å². The highest BCUT2D eigenvalue weighted by Gasteiger charge is 2.25. The van der Waals surface area contributed by atoms with E-state index in [9.17, 15) is 0 Å². The zero-order chi connectivity index (χ0) is 6.81. The molecule has 0 bridgehead atoms. The zero-order valence-electron chi connectivity index (χ0n) is 5.75. The molecule has 3 heteroatoms. The van der Waals surface area contributed by atoms with Gasteiger partial charge in [0.15, 0.2) is 0 Å². The fourth-order valence-corrected chi connectivity index (χ4v) is 1.31. The molecule has 0 aromatic rings. The van der Waals surface area contributed by atoms with Gasteiger partial charge >= 0.3 is 0 Å². The second-order valence-electron chi connectivity index (χ2n) is 2.56. The van der Waals surface area contributed by atoms with E-state index in [1.165, 1.54) is 0 Å². The van der Waals surface area contributed by atoms with E-state index in [-0.39, 0.29) is 6.10 Å². The van der Waals surface area contributed by atoms with Crippen molar-refractivity contribution in [3.05, 3.63) is 12.3 Å². The second-order valence-corrected chi connectivity index (χ2v) is 2.56. The van der Waals surface area contributed by atoms with Crippen molar-refractivity contribution in [2.45, 2.75) is 12.1 Å². The molecule has 0 aliphatic carbocycles. The van der Waals surface area contributed by atoms with Crippen LogP contribution in [-0.2, 0) is 9.47 Å². The van der Waals surface area contributed by atoms with Crippen LogP contribution in [0.3, 0.4) is 0 Å². The Morgan fingerprint density at radius 1 is 1.50 bits per heavy atom. The summed E-state index contributed by atoms with van der Waals surface area (Å²) in [6, 6.07) is 0.374. The summed E-state index contributed by atoms with van der Waals surface area (Å²) in [6.07, 6.45) is 3.91. The topological polar surface area (TPSA) is 30.5 Å². The summed E-state index contributed by atoms with van der Waals surface area (Å²) in [5, 5.41) is 3.32. The van der Waals surface area contributed by atoms with Crippen molar-refractivity contribution in [1.82, 2.24) is 5.32 Å². The minimum absolute atomic E-state index is 0.238. The molecule has 0 aromatic heterocycles. The van der Waals surface area contributed by atoms with Gasteiger partial charge in [0.05, 0.1) is 25.0 Å². The number of hydrogen-bond donors (Lipinski definition) is 1. The van der Waals surface area contributed by atoms with Crippen molar-refractivity contribution in [1.29, 1.82) is 0 Å². The molecule has 2 unspecified atom stereocenters. The standard InChI is InChI=1S/C7H11NO2/c1-3-9-5-6-7(1)10-4-2-8-6/h1,3,6-8H,2,4-5H2. The highest BCUT2D eigenvalue weighted by molar-refractivity contribution is 4.98. The number of nitrogens with one attached hydrogen (secondary N) is 1. The van der Waals surface area contributed by atoms with Crippen LogP contribution in [0.4, 0.5) is 0 Å². The Morgan fingerprint density at radius 2 is 2.50 bits per heavy atom. The van der Waals surface area contributed by atoms with E-state index in [0.29, 0.717) is 6.04 Å². The molecule has 2 aliphatic heterocycles. The Morgan fingerprint density at radius 3 is 3.40 bits per heavy atom. The lowest BCUT2D eigenvalue weighted by Gasteiger charge is -2.32. The number of morpholine rings is 1. The van der Waals surface area contributed by atoms with Gasteiger partial charge in [0.25, 0.3) is 0 Å². The summed E-state index contributed by atoms with van der Waals surface area (Å²) in [5.41, 5.74) is 0. The van der Waals surface area contributed by atoms with Crippen LogP contribution in [0.25, 0.3) is 0 Å². The van der Waals surface area contributed by atoms with Gasteiger partial charge < -0.3 is 14.8 Å². The molecule has 3 nitrogen and oxygen atoms in total. The first kappa shape index (κ1) is 6.19. The van der Waals surface area contributed by atoms with Crippen LogP contribution in [0.5, 0.6) is 0 Å². The van der Waals surface area contributed by atoms with Gasteiger partial charge in [-0.25, -0.2) is 0 Å². The Labute approximate surface area is 60.0 Å². The van der Waals surface area contributed by atoms with E-state index >= 15 is 0 Å². The third kappa shape index (κ3) is 1.02. The summed E-state index contributed by atoms with van der Waals surface area (Å²) in [6.45, 7) is 2.49. The molecule has 1 saturated heterocycles. The van der Waals surface area contributed by atoms with E-state index < -0.39 is 0 Å². The molecular formula is C7H11NO2. The van der Waals surface area contributed by atoms with E-state index in [2.05, 4.69) is 5.32 Å². The largest absolute Gasteiger partial charge is 0.500 e. The van der Waals surface area contributed by atoms with Gasteiger partial charge in [-0.3, -0.25) is 0 Å². The van der Waals surface area contributed by atoms with Crippen LogP contribution >= 0.6 is 0 Å². The van der Waals surface area contributed by atoms with Crippen molar-refractivity contribution in [2.75, 3.05) is 19.8 Å². The van der Waals surface area contributed by atoms with Crippen LogP contribution < -0.4 is 5.32 Å². The van der Waals surface area contributed by atoms with Crippen LogP contribution in [0, 0.1) is 0 Å². The SMILES string of the molecule is C1=CC2OCCNC2CO1. The average molecular weight is 141 g/mol. The van der Waals surface area contributed by atoms with E-state index in [1.807, 2.05) is 6.08 Å². The second kappa shape index (κ2) is 2.60. The van der Waals surface area contributed by atoms with Crippen molar-refractivity contribution in [3.8, 4) is 0 Å². The lowest BCUT2D eigenvalue weighted by molar-refractivity contribution is -0.00705. The van der Waals surface area contributed by atoms with Crippen molar-refractivity contribution >= 4 is 0 Å². The summed E-state index contributed by atoms with van der Waals surface area (Å²) in [5.74, 6) is 0. The Balaban J connectivity index is 2.03. The fraction of sp³-hybridized carbons (Fsp3) is 0.714. The highest BCUT2D eigenvalue weighted by Crippen LogP contribution is 2.10. The van der Waals surface area contributed by atoms with Crippen molar-refractivity contribution in [2.24, 2.45) is 0 Å². The fourth-order valence-electron chi connectivity index (χ4n) is 1.31. The quantitative estimate of drug-likeness (QED) is 0.510. The minimum atomic E-state index is 0.238. The van der Waals surface area contributed by atoms with Gasteiger partial charge in [0, 0.05) is 6.54 Å². The molecule has 1 fully saturated rings. The number of fused-ring (bicyclic) bond motifs is 1. The molecule has 0 radical (unpaired) electrons. The monoisotopic (exact) mass is 141 g/mol. The maximum Gasteiger partial charge on any atom is 0.105 e. The molecular weight excluding hydrogens is 130 g/mol. The van der Waals surface area contributed by atoms with Gasteiger partial charge in [0.2, 0.25) is 0 Å². The molecule has 0 aromatic carbocycles. The molecule has 56 valence electrons. The first-order valence-corrected chi connectivity index (χ1v) is 3.60. The maximum absolute atomic E-state index is 5.45. The van der Waals surface area contributed by atoms with Crippen LogP contribution in [0.2, 0.25) is 0 Å². The Kier molecular flexibility index (Phi) is 1.61. The number of ether oxygens (including phenoxy) is 2. The first-order chi connectivity index (χ1) is 4.97. The molecule has 1 N–H and O–H groups in total.